The summed E-state index contributed by atoms with van der Waals surface area (Å²) in [4.78, 5) is 74.8. The molecule has 60 heavy (non-hydrogen) atoms. The van der Waals surface area contributed by atoms with Crippen molar-refractivity contribution in [3.8, 4) is 5.69 Å². The van der Waals surface area contributed by atoms with Gasteiger partial charge >= 0.3 is 0 Å². The van der Waals surface area contributed by atoms with Gasteiger partial charge in [-0.3, -0.25) is 28.6 Å². The molecule has 1 unspecified atom stereocenters. The molecule has 1 atom stereocenters. The molecule has 4 aromatic rings. The Morgan fingerprint density at radius 3 is 2.40 bits per heavy atom. The molecule has 5 heterocycles. The van der Waals surface area contributed by atoms with E-state index in [9.17, 15) is 24.0 Å². The number of benzene rings is 3. The van der Waals surface area contributed by atoms with Crippen molar-refractivity contribution in [2.24, 2.45) is 11.3 Å². The number of halogens is 1. The third-order valence-electron chi connectivity index (χ3n) is 15.3. The Morgan fingerprint density at radius 1 is 0.917 bits per heavy atom. The maximum atomic E-state index is 13.5. The molecule has 4 aliphatic heterocycles. The van der Waals surface area contributed by atoms with Gasteiger partial charge in [-0.25, -0.2) is 0 Å². The summed E-state index contributed by atoms with van der Waals surface area (Å²) in [5.74, 6) is 0.793. The number of amides is 3. The molecule has 2 aliphatic carbocycles. The highest BCUT2D eigenvalue weighted by molar-refractivity contribution is 9.10. The van der Waals surface area contributed by atoms with Gasteiger partial charge < -0.3 is 19.9 Å². The molecule has 2 saturated heterocycles. The molecule has 11 nitrogen and oxygen atoms in total. The zero-order valence-corrected chi connectivity index (χ0v) is 36.0. The van der Waals surface area contributed by atoms with Crippen LogP contribution in [-0.4, -0.2) is 89.2 Å². The van der Waals surface area contributed by atoms with E-state index in [1.165, 1.54) is 49.7 Å². The third-order valence-corrected chi connectivity index (χ3v) is 16.0. The maximum absolute atomic E-state index is 13.5. The first-order valence-corrected chi connectivity index (χ1v) is 22.9. The Labute approximate surface area is 359 Å². The average Bonchev–Trinajstić information content (AvgIpc) is 3.66. The minimum Gasteiger partial charge on any atom is -0.371 e. The van der Waals surface area contributed by atoms with Crippen LogP contribution in [-0.2, 0) is 15.0 Å². The number of nitrogens with one attached hydrogen (secondary N) is 1. The van der Waals surface area contributed by atoms with E-state index in [1.54, 1.807) is 6.07 Å². The predicted molar refractivity (Wildman–Crippen MR) is 234 cm³/mol. The van der Waals surface area contributed by atoms with E-state index in [1.807, 2.05) is 24.3 Å². The Balaban J connectivity index is 0.752. The Hall–Kier alpha value is -4.68. The fourth-order valence-corrected chi connectivity index (χ4v) is 12.7. The molecule has 312 valence electrons. The lowest BCUT2D eigenvalue weighted by Gasteiger charge is -2.54. The van der Waals surface area contributed by atoms with Crippen LogP contribution in [0.25, 0.3) is 16.6 Å². The summed E-state index contributed by atoms with van der Waals surface area (Å²) in [6, 6.07) is 17.6. The fourth-order valence-electron chi connectivity index (χ4n) is 12.2. The number of aldehydes is 1. The number of nitrogens with zero attached hydrogens (tertiary/aromatic N) is 5. The number of aromatic nitrogens is 2. The number of rotatable bonds is 9. The number of likely N-dealkylation sites (N-methyl/N-ethyl adjacent to an activating group) is 1. The number of fused-ring (bicyclic) bond motifs is 8. The normalized spacial score (nSPS) is 21.6. The van der Waals surface area contributed by atoms with Crippen LogP contribution < -0.4 is 15.8 Å². The highest BCUT2D eigenvalue weighted by Crippen LogP contribution is 2.54. The molecule has 3 amide bonds. The highest BCUT2D eigenvalue weighted by Gasteiger charge is 2.49. The standard InChI is InChI=1S/C48H53BrN6O5/c1-50-42(57)40(9-6-24-56)55-44(59)34-12-11-33(26-35(34)45(55)60)53-22-18-47(19-23-53)27-30(28-47)29-52-20-14-31(15-21-52)32-10-13-38-36(25-32)48(16-3-2-4-17-48)46-51-43(58)41-37(49)7-5-8-39(41)54(38)46/h5,7-8,10-13,24-26,30-31,40H,2-4,6,9,14-23,27-29H2,1H3,(H,50,57). The molecule has 2 spiro atoms. The van der Waals surface area contributed by atoms with Gasteiger partial charge in [-0.15, -0.1) is 0 Å². The number of carbonyl (C=O) groups is 4. The van der Waals surface area contributed by atoms with Gasteiger partial charge in [0.25, 0.3) is 17.4 Å². The van der Waals surface area contributed by atoms with Crippen LogP contribution in [0, 0.1) is 11.3 Å². The van der Waals surface area contributed by atoms with Crippen molar-refractivity contribution in [1.29, 1.82) is 0 Å². The van der Waals surface area contributed by atoms with Gasteiger partial charge in [0, 0.05) is 43.3 Å². The van der Waals surface area contributed by atoms with Crippen LogP contribution in [0.2, 0.25) is 0 Å². The van der Waals surface area contributed by atoms with E-state index in [0.717, 1.165) is 110 Å². The zero-order chi connectivity index (χ0) is 41.3. The molecule has 6 aliphatic rings. The number of hydrogen-bond acceptors (Lipinski definition) is 8. The van der Waals surface area contributed by atoms with Crippen LogP contribution in [0.3, 0.4) is 0 Å². The first kappa shape index (κ1) is 39.5. The van der Waals surface area contributed by atoms with E-state index < -0.39 is 23.8 Å². The highest BCUT2D eigenvalue weighted by atomic mass is 79.9. The molecule has 0 radical (unpaired) electrons. The molecule has 1 N–H and O–H groups in total. The number of likely N-dealkylation sites (tertiary alicyclic amines) is 1. The predicted octanol–water partition coefficient (Wildman–Crippen LogP) is 7.28. The van der Waals surface area contributed by atoms with Crippen LogP contribution in [0.1, 0.15) is 127 Å². The average molecular weight is 874 g/mol. The quantitative estimate of drug-likeness (QED) is 0.138. The van der Waals surface area contributed by atoms with Crippen LogP contribution in [0.15, 0.2) is 63.9 Å². The second kappa shape index (κ2) is 15.3. The van der Waals surface area contributed by atoms with Gasteiger partial charge in [0.1, 0.15) is 18.2 Å². The van der Waals surface area contributed by atoms with Crippen molar-refractivity contribution >= 4 is 56.5 Å². The first-order valence-electron chi connectivity index (χ1n) is 22.1. The Bertz CT molecular complexity index is 2470. The molecule has 2 saturated carbocycles. The molecule has 1 aromatic heterocycles. The first-order chi connectivity index (χ1) is 29.1. The van der Waals surface area contributed by atoms with Gasteiger partial charge in [-0.1, -0.05) is 37.5 Å². The molecule has 3 aromatic carbocycles. The number of imide groups is 1. The van der Waals surface area contributed by atoms with E-state index in [2.05, 4.69) is 59.9 Å². The number of hydrogen-bond donors (Lipinski definition) is 1. The van der Waals surface area contributed by atoms with Gasteiger partial charge in [0.2, 0.25) is 5.91 Å². The number of piperidine rings is 2. The van der Waals surface area contributed by atoms with Crippen molar-refractivity contribution in [2.75, 3.05) is 44.7 Å². The maximum Gasteiger partial charge on any atom is 0.281 e. The lowest BCUT2D eigenvalue weighted by atomic mass is 9.57. The molecule has 12 heteroatoms. The van der Waals surface area contributed by atoms with Crippen molar-refractivity contribution in [2.45, 2.75) is 101 Å². The molecule has 4 fully saturated rings. The Morgan fingerprint density at radius 2 is 1.67 bits per heavy atom. The largest absolute Gasteiger partial charge is 0.371 e. The zero-order valence-electron chi connectivity index (χ0n) is 34.4. The van der Waals surface area contributed by atoms with Crippen LogP contribution >= 0.6 is 15.9 Å². The van der Waals surface area contributed by atoms with Crippen molar-refractivity contribution in [1.82, 2.24) is 24.7 Å². The van der Waals surface area contributed by atoms with Crippen LogP contribution in [0.5, 0.6) is 0 Å². The summed E-state index contributed by atoms with van der Waals surface area (Å²) in [5.41, 5.74) is 6.58. The van der Waals surface area contributed by atoms with Crippen molar-refractivity contribution in [3.05, 3.63) is 97.5 Å². The second-order valence-corrected chi connectivity index (χ2v) is 19.4. The SMILES string of the molecule is CNC(=O)C(CCC=O)N1C(=O)c2ccc(N3CCC4(CC3)CC(CN3CCC(c5ccc6c(c5)C5(CCCCC5)c5nc(=O)c7c(Br)cccc7n5-6)CC3)C4)cc2C1=O. The topological polar surface area (TPSA) is 125 Å². The van der Waals surface area contributed by atoms with E-state index >= 15 is 0 Å². The van der Waals surface area contributed by atoms with Gasteiger partial charge in [-0.05, 0) is 152 Å². The second-order valence-electron chi connectivity index (χ2n) is 18.5. The molecule has 10 rings (SSSR count). The van der Waals surface area contributed by atoms with E-state index in [-0.39, 0.29) is 23.8 Å². The fraction of sp³-hybridized carbons (Fsp3) is 0.500. The monoisotopic (exact) mass is 872 g/mol. The number of carbonyl (C=O) groups excluding carboxylic acids is 4. The van der Waals surface area contributed by atoms with Crippen molar-refractivity contribution in [3.63, 3.8) is 0 Å². The summed E-state index contributed by atoms with van der Waals surface area (Å²) in [6.45, 7) is 5.24. The molecular weight excluding hydrogens is 820 g/mol. The minimum absolute atomic E-state index is 0.0831. The van der Waals surface area contributed by atoms with Crippen molar-refractivity contribution < 1.29 is 19.2 Å². The molecular formula is C48H53BrN6O5. The summed E-state index contributed by atoms with van der Waals surface area (Å²) in [7, 11) is 1.47. The van der Waals surface area contributed by atoms with E-state index in [0.29, 0.717) is 34.1 Å². The summed E-state index contributed by atoms with van der Waals surface area (Å²) < 4.78 is 3.09. The van der Waals surface area contributed by atoms with Gasteiger partial charge in [0.15, 0.2) is 0 Å². The summed E-state index contributed by atoms with van der Waals surface area (Å²) >= 11 is 3.64. The minimum atomic E-state index is -1.01. The van der Waals surface area contributed by atoms with Gasteiger partial charge in [-0.2, -0.15) is 4.98 Å². The van der Waals surface area contributed by atoms with Crippen LogP contribution in [0.4, 0.5) is 5.69 Å². The summed E-state index contributed by atoms with van der Waals surface area (Å²) in [5, 5.41) is 3.19. The van der Waals surface area contributed by atoms with Gasteiger partial charge in [0.05, 0.1) is 33.1 Å². The third kappa shape index (κ3) is 6.37. The lowest BCUT2D eigenvalue weighted by Crippen LogP contribution is -2.50. The molecule has 0 bridgehead atoms. The lowest BCUT2D eigenvalue weighted by molar-refractivity contribution is -0.124. The smallest absolute Gasteiger partial charge is 0.281 e. The Kier molecular flexibility index (Phi) is 10.1. The number of anilines is 1. The van der Waals surface area contributed by atoms with E-state index in [4.69, 9.17) is 4.98 Å². The summed E-state index contributed by atoms with van der Waals surface area (Å²) in [6.07, 6.45) is 13.6.